The molecule has 0 heterocycles. The van der Waals surface area contributed by atoms with Gasteiger partial charge in [0, 0.05) is 22.6 Å². The highest BCUT2D eigenvalue weighted by Gasteiger charge is 2.03. The Labute approximate surface area is 97.6 Å². The van der Waals surface area contributed by atoms with Crippen molar-refractivity contribution in [2.24, 2.45) is 0 Å². The average Bonchev–Trinajstić information content (AvgIpc) is 2.10. The molecule has 4 heteroatoms. The first-order valence-corrected chi connectivity index (χ1v) is 5.54. The van der Waals surface area contributed by atoms with Gasteiger partial charge in [-0.3, -0.25) is 4.90 Å². The second-order valence-electron chi connectivity index (χ2n) is 3.20. The minimum absolute atomic E-state index is 0.182. The first-order chi connectivity index (χ1) is 6.63. The Morgan fingerprint density at radius 2 is 2.21 bits per heavy atom. The number of benzene rings is 1. The van der Waals surface area contributed by atoms with Gasteiger partial charge < -0.3 is 5.11 Å². The zero-order valence-corrected chi connectivity index (χ0v) is 10.3. The molecule has 0 atom stereocenters. The molecule has 0 saturated carbocycles. The van der Waals surface area contributed by atoms with Crippen molar-refractivity contribution >= 4 is 27.5 Å². The van der Waals surface area contributed by atoms with E-state index in [0.29, 0.717) is 6.54 Å². The van der Waals surface area contributed by atoms with Crippen LogP contribution in [0.2, 0.25) is 5.02 Å². The van der Waals surface area contributed by atoms with Gasteiger partial charge in [-0.1, -0.05) is 33.6 Å². The van der Waals surface area contributed by atoms with E-state index in [4.69, 9.17) is 16.7 Å². The van der Waals surface area contributed by atoms with E-state index < -0.39 is 0 Å². The molecule has 1 N–H and O–H groups in total. The molecule has 1 aromatic carbocycles. The minimum atomic E-state index is 0.182. The van der Waals surface area contributed by atoms with Gasteiger partial charge in [-0.25, -0.2) is 0 Å². The lowest BCUT2D eigenvalue weighted by Gasteiger charge is -2.16. The first kappa shape index (κ1) is 12.0. The number of nitrogens with zero attached hydrogens (tertiary/aromatic N) is 1. The van der Waals surface area contributed by atoms with E-state index in [-0.39, 0.29) is 6.61 Å². The van der Waals surface area contributed by atoms with Crippen LogP contribution in [0.1, 0.15) is 5.56 Å². The average molecular weight is 279 g/mol. The highest BCUT2D eigenvalue weighted by atomic mass is 79.9. The van der Waals surface area contributed by atoms with Crippen molar-refractivity contribution in [3.8, 4) is 0 Å². The summed E-state index contributed by atoms with van der Waals surface area (Å²) < 4.78 is 1.01. The van der Waals surface area contributed by atoms with Gasteiger partial charge in [0.05, 0.1) is 6.61 Å². The molecule has 0 spiro atoms. The van der Waals surface area contributed by atoms with Gasteiger partial charge in [-0.2, -0.15) is 0 Å². The van der Waals surface area contributed by atoms with Crippen molar-refractivity contribution in [2.45, 2.75) is 6.54 Å². The number of halogens is 2. The van der Waals surface area contributed by atoms with E-state index in [1.165, 1.54) is 5.56 Å². The lowest BCUT2D eigenvalue weighted by molar-refractivity contribution is 0.217. The van der Waals surface area contributed by atoms with Crippen molar-refractivity contribution in [2.75, 3.05) is 20.2 Å². The van der Waals surface area contributed by atoms with E-state index in [2.05, 4.69) is 15.9 Å². The number of aliphatic hydroxyl groups excluding tert-OH is 1. The zero-order valence-electron chi connectivity index (χ0n) is 8.00. The third kappa shape index (κ3) is 3.58. The topological polar surface area (TPSA) is 23.5 Å². The Morgan fingerprint density at radius 1 is 1.50 bits per heavy atom. The SMILES string of the molecule is CN(CCO)Cc1ccc(Cl)cc1Br. The van der Waals surface area contributed by atoms with E-state index in [1.807, 2.05) is 30.1 Å². The summed E-state index contributed by atoms with van der Waals surface area (Å²) in [6.45, 7) is 1.66. The summed E-state index contributed by atoms with van der Waals surface area (Å²) in [4.78, 5) is 2.05. The molecule has 0 bridgehead atoms. The van der Waals surface area contributed by atoms with Crippen LogP contribution < -0.4 is 0 Å². The summed E-state index contributed by atoms with van der Waals surface area (Å²) in [6.07, 6.45) is 0. The van der Waals surface area contributed by atoms with Crippen LogP contribution in [0.3, 0.4) is 0 Å². The van der Waals surface area contributed by atoms with Gasteiger partial charge in [-0.15, -0.1) is 0 Å². The second-order valence-corrected chi connectivity index (χ2v) is 4.49. The number of likely N-dealkylation sites (N-methyl/N-ethyl adjacent to an activating group) is 1. The molecule has 0 aliphatic rings. The van der Waals surface area contributed by atoms with Gasteiger partial charge in [-0.05, 0) is 24.7 Å². The molecule has 0 saturated heterocycles. The first-order valence-electron chi connectivity index (χ1n) is 4.37. The van der Waals surface area contributed by atoms with Crippen LogP contribution in [0.15, 0.2) is 22.7 Å². The molecule has 78 valence electrons. The second kappa shape index (κ2) is 5.71. The Balaban J connectivity index is 2.67. The molecule has 0 aromatic heterocycles. The van der Waals surface area contributed by atoms with E-state index in [9.17, 15) is 0 Å². The third-order valence-corrected chi connectivity index (χ3v) is 2.91. The smallest absolute Gasteiger partial charge is 0.0558 e. The number of hydrogen-bond acceptors (Lipinski definition) is 2. The van der Waals surface area contributed by atoms with Gasteiger partial charge in [0.15, 0.2) is 0 Å². The van der Waals surface area contributed by atoms with E-state index >= 15 is 0 Å². The van der Waals surface area contributed by atoms with E-state index in [0.717, 1.165) is 16.0 Å². The third-order valence-electron chi connectivity index (χ3n) is 1.94. The van der Waals surface area contributed by atoms with Crippen molar-refractivity contribution in [3.63, 3.8) is 0 Å². The highest BCUT2D eigenvalue weighted by Crippen LogP contribution is 2.22. The largest absolute Gasteiger partial charge is 0.395 e. The molecule has 0 radical (unpaired) electrons. The summed E-state index contributed by atoms with van der Waals surface area (Å²) in [6, 6.07) is 5.73. The molecule has 0 fully saturated rings. The van der Waals surface area contributed by atoms with Crippen molar-refractivity contribution in [3.05, 3.63) is 33.3 Å². The van der Waals surface area contributed by atoms with Gasteiger partial charge in [0.1, 0.15) is 0 Å². The summed E-state index contributed by atoms with van der Waals surface area (Å²) >= 11 is 9.28. The van der Waals surface area contributed by atoms with Crippen LogP contribution >= 0.6 is 27.5 Å². The number of aliphatic hydroxyl groups is 1. The lowest BCUT2D eigenvalue weighted by atomic mass is 10.2. The minimum Gasteiger partial charge on any atom is -0.395 e. The molecular formula is C10H13BrClNO. The Hall–Kier alpha value is -0.0900. The van der Waals surface area contributed by atoms with Crippen LogP contribution in [0.4, 0.5) is 0 Å². The molecule has 0 amide bonds. The molecule has 1 aromatic rings. The van der Waals surface area contributed by atoms with Gasteiger partial charge in [0.2, 0.25) is 0 Å². The predicted octanol–water partition coefficient (Wildman–Crippen LogP) is 2.53. The fourth-order valence-electron chi connectivity index (χ4n) is 1.19. The Bertz CT molecular complexity index is 306. The molecule has 0 aliphatic carbocycles. The maximum atomic E-state index is 8.75. The van der Waals surface area contributed by atoms with Crippen LogP contribution in [-0.4, -0.2) is 30.2 Å². The standard InChI is InChI=1S/C10H13BrClNO/c1-13(4-5-14)7-8-2-3-9(12)6-10(8)11/h2-3,6,14H,4-5,7H2,1H3. The summed E-state index contributed by atoms with van der Waals surface area (Å²) in [5.41, 5.74) is 1.17. The summed E-state index contributed by atoms with van der Waals surface area (Å²) in [5, 5.41) is 9.48. The fourth-order valence-corrected chi connectivity index (χ4v) is 2.00. The van der Waals surface area contributed by atoms with Crippen LogP contribution in [0.25, 0.3) is 0 Å². The number of hydrogen-bond donors (Lipinski definition) is 1. The zero-order chi connectivity index (χ0) is 10.6. The molecule has 1 rings (SSSR count). The molecule has 14 heavy (non-hydrogen) atoms. The van der Waals surface area contributed by atoms with Crippen LogP contribution in [0.5, 0.6) is 0 Å². The van der Waals surface area contributed by atoms with E-state index in [1.54, 1.807) is 0 Å². The molecule has 0 unspecified atom stereocenters. The Kier molecular flexibility index (Phi) is 4.89. The summed E-state index contributed by atoms with van der Waals surface area (Å²) in [7, 11) is 1.97. The maximum absolute atomic E-state index is 8.75. The summed E-state index contributed by atoms with van der Waals surface area (Å²) in [5.74, 6) is 0. The molecule has 2 nitrogen and oxygen atoms in total. The number of rotatable bonds is 4. The van der Waals surface area contributed by atoms with Crippen LogP contribution in [-0.2, 0) is 6.54 Å². The quantitative estimate of drug-likeness (QED) is 0.915. The molecular weight excluding hydrogens is 265 g/mol. The normalized spacial score (nSPS) is 10.9. The predicted molar refractivity (Wildman–Crippen MR) is 62.6 cm³/mol. The van der Waals surface area contributed by atoms with Crippen LogP contribution in [0, 0.1) is 0 Å². The van der Waals surface area contributed by atoms with Crippen molar-refractivity contribution in [1.82, 2.24) is 4.90 Å². The van der Waals surface area contributed by atoms with Crippen molar-refractivity contribution < 1.29 is 5.11 Å². The van der Waals surface area contributed by atoms with Crippen molar-refractivity contribution in [1.29, 1.82) is 0 Å². The fraction of sp³-hybridized carbons (Fsp3) is 0.400. The maximum Gasteiger partial charge on any atom is 0.0558 e. The monoisotopic (exact) mass is 277 g/mol. The molecule has 0 aliphatic heterocycles. The Morgan fingerprint density at radius 3 is 2.79 bits per heavy atom. The highest BCUT2D eigenvalue weighted by molar-refractivity contribution is 9.10. The van der Waals surface area contributed by atoms with Gasteiger partial charge in [0.25, 0.3) is 0 Å². The lowest BCUT2D eigenvalue weighted by Crippen LogP contribution is -2.21. The van der Waals surface area contributed by atoms with Gasteiger partial charge >= 0.3 is 0 Å².